The van der Waals surface area contributed by atoms with Gasteiger partial charge >= 0.3 is 0 Å². The Bertz CT molecular complexity index is 881. The van der Waals surface area contributed by atoms with Crippen molar-refractivity contribution in [2.75, 3.05) is 24.6 Å². The first kappa shape index (κ1) is 18.3. The van der Waals surface area contributed by atoms with Crippen molar-refractivity contribution in [1.82, 2.24) is 10.9 Å². The minimum absolute atomic E-state index is 0.133. The summed E-state index contributed by atoms with van der Waals surface area (Å²) in [5, 5.41) is 0. The number of nitrogens with zero attached hydrogens (tertiary/aromatic N) is 1. The van der Waals surface area contributed by atoms with E-state index < -0.39 is 0 Å². The highest BCUT2D eigenvalue weighted by Crippen LogP contribution is 2.27. The monoisotopic (exact) mass is 379 g/mol. The number of fused-ring (bicyclic) bond motifs is 2. The molecule has 4 rings (SSSR count). The lowest BCUT2D eigenvalue weighted by atomic mass is 10.0. The number of rotatable bonds is 5. The SMILES string of the molecule is O=C(COc1ccc2c(c1)CCC2)NNC(=O)CN1CCCc2ccccc21. The van der Waals surface area contributed by atoms with Gasteiger partial charge in [-0.25, -0.2) is 0 Å². The third kappa shape index (κ3) is 4.27. The molecule has 2 N–H and O–H groups in total. The molecule has 0 fully saturated rings. The van der Waals surface area contributed by atoms with E-state index in [1.165, 1.54) is 23.1 Å². The highest BCUT2D eigenvalue weighted by atomic mass is 16.5. The van der Waals surface area contributed by atoms with E-state index in [1.807, 2.05) is 35.2 Å². The first-order chi connectivity index (χ1) is 13.7. The van der Waals surface area contributed by atoms with Gasteiger partial charge in [0.1, 0.15) is 5.75 Å². The fraction of sp³-hybridized carbons (Fsp3) is 0.364. The molecule has 6 nitrogen and oxygen atoms in total. The maximum atomic E-state index is 12.2. The number of anilines is 1. The fourth-order valence-corrected chi connectivity index (χ4v) is 3.95. The Morgan fingerprint density at radius 3 is 2.61 bits per heavy atom. The molecule has 2 aromatic rings. The van der Waals surface area contributed by atoms with Gasteiger partial charge in [-0.3, -0.25) is 20.4 Å². The Balaban J connectivity index is 1.22. The zero-order chi connectivity index (χ0) is 19.3. The van der Waals surface area contributed by atoms with Crippen molar-refractivity contribution in [2.24, 2.45) is 0 Å². The molecule has 2 aliphatic rings. The van der Waals surface area contributed by atoms with Crippen molar-refractivity contribution < 1.29 is 14.3 Å². The van der Waals surface area contributed by atoms with Crippen LogP contribution in [0.1, 0.15) is 29.5 Å². The highest BCUT2D eigenvalue weighted by molar-refractivity contribution is 5.85. The Morgan fingerprint density at radius 1 is 0.893 bits per heavy atom. The second-order valence-corrected chi connectivity index (χ2v) is 7.32. The highest BCUT2D eigenvalue weighted by Gasteiger charge is 2.19. The fourth-order valence-electron chi connectivity index (χ4n) is 3.95. The predicted molar refractivity (Wildman–Crippen MR) is 107 cm³/mol. The first-order valence-corrected chi connectivity index (χ1v) is 9.84. The maximum absolute atomic E-state index is 12.2. The summed E-state index contributed by atoms with van der Waals surface area (Å²) in [7, 11) is 0. The van der Waals surface area contributed by atoms with Gasteiger partial charge in [0.05, 0.1) is 6.54 Å². The number of hydrazine groups is 1. The van der Waals surface area contributed by atoms with E-state index >= 15 is 0 Å². The second-order valence-electron chi connectivity index (χ2n) is 7.32. The van der Waals surface area contributed by atoms with Crippen LogP contribution in [0.4, 0.5) is 5.69 Å². The number of amides is 2. The van der Waals surface area contributed by atoms with Gasteiger partial charge in [0, 0.05) is 12.2 Å². The molecule has 0 atom stereocenters. The molecule has 2 aromatic carbocycles. The number of nitrogens with one attached hydrogen (secondary N) is 2. The van der Waals surface area contributed by atoms with Crippen molar-refractivity contribution in [1.29, 1.82) is 0 Å². The van der Waals surface area contributed by atoms with Crippen molar-refractivity contribution >= 4 is 17.5 Å². The standard InChI is InChI=1S/C22H25N3O3/c26-21(14-25-12-4-8-17-5-1-2-9-20(17)25)23-24-22(27)15-28-19-11-10-16-6-3-7-18(16)13-19/h1-2,5,9-11,13H,3-4,6-8,12,14-15H2,(H,23,26)(H,24,27). The third-order valence-corrected chi connectivity index (χ3v) is 5.32. The summed E-state index contributed by atoms with van der Waals surface area (Å²) in [6, 6.07) is 14.1. The smallest absolute Gasteiger partial charge is 0.276 e. The summed E-state index contributed by atoms with van der Waals surface area (Å²) in [6.45, 7) is 0.911. The van der Waals surface area contributed by atoms with E-state index in [2.05, 4.69) is 23.0 Å². The minimum Gasteiger partial charge on any atom is -0.484 e. The molecule has 0 saturated carbocycles. The summed E-state index contributed by atoms with van der Waals surface area (Å²) in [4.78, 5) is 26.2. The molecule has 0 spiro atoms. The first-order valence-electron chi connectivity index (χ1n) is 9.84. The number of benzene rings is 2. The average molecular weight is 379 g/mol. The molecule has 6 heteroatoms. The van der Waals surface area contributed by atoms with Crippen LogP contribution in [0.25, 0.3) is 0 Å². The molecule has 1 aliphatic heterocycles. The van der Waals surface area contributed by atoms with Crippen molar-refractivity contribution in [3.05, 3.63) is 59.2 Å². The van der Waals surface area contributed by atoms with E-state index in [1.54, 1.807) is 0 Å². The molecule has 28 heavy (non-hydrogen) atoms. The van der Waals surface area contributed by atoms with E-state index in [-0.39, 0.29) is 25.0 Å². The number of para-hydroxylation sites is 1. The molecule has 0 aromatic heterocycles. The summed E-state index contributed by atoms with van der Waals surface area (Å²) in [6.07, 6.45) is 5.40. The van der Waals surface area contributed by atoms with Crippen molar-refractivity contribution in [2.45, 2.75) is 32.1 Å². The Hall–Kier alpha value is -3.02. The van der Waals surface area contributed by atoms with E-state index in [0.29, 0.717) is 5.75 Å². The number of carbonyl (C=O) groups is 2. The van der Waals surface area contributed by atoms with Crippen LogP contribution in [-0.4, -0.2) is 31.5 Å². The van der Waals surface area contributed by atoms with Gasteiger partial charge in [-0.05, 0) is 67.0 Å². The molecule has 1 heterocycles. The van der Waals surface area contributed by atoms with Gasteiger partial charge in [-0.1, -0.05) is 24.3 Å². The lowest BCUT2D eigenvalue weighted by Gasteiger charge is -2.30. The molecule has 2 amide bonds. The topological polar surface area (TPSA) is 70.7 Å². The van der Waals surface area contributed by atoms with E-state index in [0.717, 1.165) is 37.9 Å². The number of ether oxygens (including phenoxy) is 1. The summed E-state index contributed by atoms with van der Waals surface area (Å²) >= 11 is 0. The van der Waals surface area contributed by atoms with Crippen LogP contribution >= 0.6 is 0 Å². The van der Waals surface area contributed by atoms with Crippen molar-refractivity contribution in [3.8, 4) is 5.75 Å². The lowest BCUT2D eigenvalue weighted by molar-refractivity contribution is -0.129. The van der Waals surface area contributed by atoms with Crippen LogP contribution in [-0.2, 0) is 28.9 Å². The second kappa shape index (κ2) is 8.33. The molecule has 146 valence electrons. The molecular weight excluding hydrogens is 354 g/mol. The van der Waals surface area contributed by atoms with Gasteiger partial charge in [0.25, 0.3) is 11.8 Å². The zero-order valence-corrected chi connectivity index (χ0v) is 15.9. The molecule has 0 saturated heterocycles. The maximum Gasteiger partial charge on any atom is 0.276 e. The quantitative estimate of drug-likeness (QED) is 0.781. The molecular formula is C22H25N3O3. The lowest BCUT2D eigenvalue weighted by Crippen LogP contribution is -2.48. The predicted octanol–water partition coefficient (Wildman–Crippen LogP) is 2.15. The van der Waals surface area contributed by atoms with Crippen LogP contribution in [0.5, 0.6) is 5.75 Å². The van der Waals surface area contributed by atoms with Gasteiger partial charge < -0.3 is 9.64 Å². The Morgan fingerprint density at radius 2 is 1.68 bits per heavy atom. The van der Waals surface area contributed by atoms with Crippen LogP contribution in [0.2, 0.25) is 0 Å². The Labute approximate surface area is 164 Å². The van der Waals surface area contributed by atoms with Gasteiger partial charge in [0.2, 0.25) is 0 Å². The van der Waals surface area contributed by atoms with Gasteiger partial charge in [-0.15, -0.1) is 0 Å². The minimum atomic E-state index is -0.382. The molecule has 1 aliphatic carbocycles. The summed E-state index contributed by atoms with van der Waals surface area (Å²) in [5.74, 6) is 0.0579. The number of carbonyl (C=O) groups excluding carboxylic acids is 2. The number of hydrogen-bond acceptors (Lipinski definition) is 4. The van der Waals surface area contributed by atoms with Crippen molar-refractivity contribution in [3.63, 3.8) is 0 Å². The molecule has 0 radical (unpaired) electrons. The number of aryl methyl sites for hydroxylation is 3. The van der Waals surface area contributed by atoms with Crippen LogP contribution in [0.15, 0.2) is 42.5 Å². The third-order valence-electron chi connectivity index (χ3n) is 5.32. The zero-order valence-electron chi connectivity index (χ0n) is 15.9. The van der Waals surface area contributed by atoms with E-state index in [4.69, 9.17) is 4.74 Å². The van der Waals surface area contributed by atoms with Crippen LogP contribution in [0, 0.1) is 0 Å². The van der Waals surface area contributed by atoms with Gasteiger partial charge in [-0.2, -0.15) is 0 Å². The average Bonchev–Trinajstić information content (AvgIpc) is 3.19. The Kier molecular flexibility index (Phi) is 5.46. The number of hydrogen-bond donors (Lipinski definition) is 2. The van der Waals surface area contributed by atoms with Gasteiger partial charge in [0.15, 0.2) is 6.61 Å². The molecule has 0 bridgehead atoms. The largest absolute Gasteiger partial charge is 0.484 e. The normalized spacial score (nSPS) is 14.8. The van der Waals surface area contributed by atoms with Crippen LogP contribution in [0.3, 0.4) is 0 Å². The van der Waals surface area contributed by atoms with E-state index in [9.17, 15) is 9.59 Å². The molecule has 0 unspecified atom stereocenters. The van der Waals surface area contributed by atoms with Crippen LogP contribution < -0.4 is 20.5 Å². The summed E-state index contributed by atoms with van der Waals surface area (Å²) in [5.41, 5.74) is 9.92. The summed E-state index contributed by atoms with van der Waals surface area (Å²) < 4.78 is 5.55.